The second-order valence-electron chi connectivity index (χ2n) is 4.13. The molecule has 4 heteroatoms. The highest BCUT2D eigenvalue weighted by Crippen LogP contribution is 2.28. The van der Waals surface area contributed by atoms with Crippen molar-refractivity contribution in [2.75, 3.05) is 19.0 Å². The lowest BCUT2D eigenvalue weighted by Gasteiger charge is -2.20. The lowest BCUT2D eigenvalue weighted by molar-refractivity contribution is 0.276. The number of para-hydroxylation sites is 2. The van der Waals surface area contributed by atoms with E-state index in [4.69, 9.17) is 16.3 Å². The Morgan fingerprint density at radius 1 is 1.21 bits per heavy atom. The maximum absolute atomic E-state index is 9.55. The second kappa shape index (κ2) is 6.45. The number of aliphatic hydroxyl groups excluding tert-OH is 1. The van der Waals surface area contributed by atoms with Crippen molar-refractivity contribution in [3.63, 3.8) is 0 Å². The van der Waals surface area contributed by atoms with Gasteiger partial charge in [0.15, 0.2) is 0 Å². The van der Waals surface area contributed by atoms with E-state index in [1.165, 1.54) is 0 Å². The first kappa shape index (κ1) is 13.7. The number of anilines is 1. The lowest BCUT2D eigenvalue weighted by atomic mass is 10.1. The molecule has 0 aliphatic carbocycles. The Balaban J connectivity index is 2.24. The Bertz CT molecular complexity index is 545. The first-order valence-corrected chi connectivity index (χ1v) is 6.38. The van der Waals surface area contributed by atoms with Crippen LogP contribution in [0.1, 0.15) is 11.6 Å². The summed E-state index contributed by atoms with van der Waals surface area (Å²) < 4.78 is 5.28. The van der Waals surface area contributed by atoms with Gasteiger partial charge in [0, 0.05) is 5.02 Å². The van der Waals surface area contributed by atoms with Gasteiger partial charge in [0.25, 0.3) is 0 Å². The van der Waals surface area contributed by atoms with Crippen LogP contribution in [0.25, 0.3) is 0 Å². The minimum absolute atomic E-state index is 0.0294. The molecule has 2 aromatic rings. The molecule has 1 unspecified atom stereocenters. The van der Waals surface area contributed by atoms with Gasteiger partial charge in [-0.3, -0.25) is 0 Å². The van der Waals surface area contributed by atoms with E-state index in [0.717, 1.165) is 17.0 Å². The number of hydrogen-bond donors (Lipinski definition) is 2. The van der Waals surface area contributed by atoms with Crippen molar-refractivity contribution in [3.05, 3.63) is 59.1 Å². The van der Waals surface area contributed by atoms with Gasteiger partial charge in [-0.1, -0.05) is 35.9 Å². The predicted octanol–water partition coefficient (Wildman–Crippen LogP) is 3.49. The van der Waals surface area contributed by atoms with Crippen molar-refractivity contribution in [2.45, 2.75) is 6.04 Å². The van der Waals surface area contributed by atoms with Crippen molar-refractivity contribution in [1.82, 2.24) is 0 Å². The molecule has 2 rings (SSSR count). The van der Waals surface area contributed by atoms with Gasteiger partial charge in [-0.05, 0) is 29.8 Å². The Hall–Kier alpha value is -1.71. The molecule has 0 spiro atoms. The van der Waals surface area contributed by atoms with Crippen molar-refractivity contribution in [3.8, 4) is 5.75 Å². The summed E-state index contributed by atoms with van der Waals surface area (Å²) in [7, 11) is 1.62. The summed E-state index contributed by atoms with van der Waals surface area (Å²) >= 11 is 5.97. The van der Waals surface area contributed by atoms with Crippen LogP contribution in [-0.2, 0) is 0 Å². The van der Waals surface area contributed by atoms with Crippen molar-refractivity contribution < 1.29 is 9.84 Å². The average molecular weight is 278 g/mol. The van der Waals surface area contributed by atoms with Crippen molar-refractivity contribution >= 4 is 17.3 Å². The van der Waals surface area contributed by atoms with Gasteiger partial charge in [-0.2, -0.15) is 0 Å². The van der Waals surface area contributed by atoms with Gasteiger partial charge in [-0.15, -0.1) is 0 Å². The number of benzene rings is 2. The highest BCUT2D eigenvalue weighted by molar-refractivity contribution is 6.30. The molecule has 0 saturated heterocycles. The maximum Gasteiger partial charge on any atom is 0.141 e. The number of nitrogens with one attached hydrogen (secondary N) is 1. The number of hydrogen-bond acceptors (Lipinski definition) is 3. The zero-order chi connectivity index (χ0) is 13.7. The molecule has 2 aromatic carbocycles. The highest BCUT2D eigenvalue weighted by Gasteiger charge is 2.12. The fourth-order valence-electron chi connectivity index (χ4n) is 1.91. The number of methoxy groups -OCH3 is 1. The van der Waals surface area contributed by atoms with Crippen LogP contribution < -0.4 is 10.1 Å². The van der Waals surface area contributed by atoms with Crippen LogP contribution in [0.3, 0.4) is 0 Å². The summed E-state index contributed by atoms with van der Waals surface area (Å²) in [5, 5.41) is 13.5. The molecule has 0 saturated carbocycles. The van der Waals surface area contributed by atoms with Crippen LogP contribution in [0.5, 0.6) is 5.75 Å². The van der Waals surface area contributed by atoms with E-state index in [0.29, 0.717) is 5.02 Å². The molecule has 1 atom stereocenters. The summed E-state index contributed by atoms with van der Waals surface area (Å²) in [6, 6.07) is 14.8. The molecule has 19 heavy (non-hydrogen) atoms. The Kier molecular flexibility index (Phi) is 4.66. The molecule has 0 radical (unpaired) electrons. The summed E-state index contributed by atoms with van der Waals surface area (Å²) in [6.07, 6.45) is 0. The number of ether oxygens (including phenoxy) is 1. The third kappa shape index (κ3) is 3.40. The molecule has 100 valence electrons. The summed E-state index contributed by atoms with van der Waals surface area (Å²) in [4.78, 5) is 0. The molecule has 0 bridgehead atoms. The smallest absolute Gasteiger partial charge is 0.141 e. The maximum atomic E-state index is 9.55. The minimum atomic E-state index is -0.227. The Morgan fingerprint density at radius 3 is 2.68 bits per heavy atom. The van der Waals surface area contributed by atoms with E-state index in [-0.39, 0.29) is 12.6 Å². The topological polar surface area (TPSA) is 41.5 Å². The zero-order valence-corrected chi connectivity index (χ0v) is 11.4. The van der Waals surface area contributed by atoms with Crippen LogP contribution >= 0.6 is 11.6 Å². The summed E-state index contributed by atoms with van der Waals surface area (Å²) in [6.45, 7) is -0.0294. The molecular weight excluding hydrogens is 262 g/mol. The van der Waals surface area contributed by atoms with Gasteiger partial charge >= 0.3 is 0 Å². The fraction of sp³-hybridized carbons (Fsp3) is 0.200. The van der Waals surface area contributed by atoms with Crippen molar-refractivity contribution in [2.24, 2.45) is 0 Å². The lowest BCUT2D eigenvalue weighted by Crippen LogP contribution is -2.15. The largest absolute Gasteiger partial charge is 0.495 e. The van der Waals surface area contributed by atoms with Gasteiger partial charge in [-0.25, -0.2) is 0 Å². The third-order valence-corrected chi connectivity index (χ3v) is 3.11. The van der Waals surface area contributed by atoms with Crippen LogP contribution in [0.4, 0.5) is 5.69 Å². The first-order valence-electron chi connectivity index (χ1n) is 6.00. The van der Waals surface area contributed by atoms with Gasteiger partial charge in [0.2, 0.25) is 0 Å². The molecule has 3 nitrogen and oxygen atoms in total. The monoisotopic (exact) mass is 277 g/mol. The van der Waals surface area contributed by atoms with Crippen LogP contribution in [-0.4, -0.2) is 18.8 Å². The SMILES string of the molecule is COc1ccccc1NC(CO)c1cccc(Cl)c1. The van der Waals surface area contributed by atoms with E-state index < -0.39 is 0 Å². The predicted molar refractivity (Wildman–Crippen MR) is 77.9 cm³/mol. The summed E-state index contributed by atoms with van der Waals surface area (Å²) in [5.41, 5.74) is 1.77. The van der Waals surface area contributed by atoms with E-state index in [9.17, 15) is 5.11 Å². The summed E-state index contributed by atoms with van der Waals surface area (Å²) in [5.74, 6) is 0.739. The first-order chi connectivity index (χ1) is 9.24. The van der Waals surface area contributed by atoms with Gasteiger partial charge in [0.1, 0.15) is 5.75 Å². The molecular formula is C15H16ClNO2. The van der Waals surface area contributed by atoms with Crippen LogP contribution in [0, 0.1) is 0 Å². The van der Waals surface area contributed by atoms with Gasteiger partial charge < -0.3 is 15.2 Å². The average Bonchev–Trinajstić information content (AvgIpc) is 2.45. The Morgan fingerprint density at radius 2 is 2.00 bits per heavy atom. The molecule has 0 heterocycles. The third-order valence-electron chi connectivity index (χ3n) is 2.87. The quantitative estimate of drug-likeness (QED) is 0.879. The highest BCUT2D eigenvalue weighted by atomic mass is 35.5. The number of rotatable bonds is 5. The minimum Gasteiger partial charge on any atom is -0.495 e. The molecule has 2 N–H and O–H groups in total. The molecule has 0 aliphatic rings. The standard InChI is InChI=1S/C15H16ClNO2/c1-19-15-8-3-2-7-13(15)17-14(10-18)11-5-4-6-12(16)9-11/h2-9,14,17-18H,10H2,1H3. The van der Waals surface area contributed by atoms with Crippen LogP contribution in [0.15, 0.2) is 48.5 Å². The van der Waals surface area contributed by atoms with Crippen molar-refractivity contribution in [1.29, 1.82) is 0 Å². The molecule has 0 fully saturated rings. The van der Waals surface area contributed by atoms with Crippen LogP contribution in [0.2, 0.25) is 5.02 Å². The normalized spacial score (nSPS) is 11.9. The van der Waals surface area contributed by atoms with E-state index in [1.54, 1.807) is 7.11 Å². The fourth-order valence-corrected chi connectivity index (χ4v) is 2.11. The van der Waals surface area contributed by atoms with E-state index >= 15 is 0 Å². The van der Waals surface area contributed by atoms with E-state index in [1.807, 2.05) is 48.5 Å². The number of aliphatic hydroxyl groups is 1. The number of halogens is 1. The molecule has 0 amide bonds. The van der Waals surface area contributed by atoms with Gasteiger partial charge in [0.05, 0.1) is 25.4 Å². The Labute approximate surface area is 117 Å². The molecule has 0 aliphatic heterocycles. The molecule has 0 aromatic heterocycles. The van der Waals surface area contributed by atoms with E-state index in [2.05, 4.69) is 5.32 Å². The zero-order valence-electron chi connectivity index (χ0n) is 10.6. The second-order valence-corrected chi connectivity index (χ2v) is 4.57.